The van der Waals surface area contributed by atoms with Crippen LogP contribution in [-0.4, -0.2) is 54.3 Å². The van der Waals surface area contributed by atoms with Crippen molar-refractivity contribution in [1.82, 2.24) is 4.90 Å². The largest absolute Gasteiger partial charge is 0.469 e. The number of likely N-dealkylation sites (tertiary alicyclic amines) is 1. The Morgan fingerprint density at radius 3 is 2.47 bits per heavy atom. The number of ether oxygens (including phenoxy) is 2. The molecule has 19 heavy (non-hydrogen) atoms. The second kappa shape index (κ2) is 4.80. The molecule has 2 unspecified atom stereocenters. The van der Waals surface area contributed by atoms with Crippen molar-refractivity contribution in [2.75, 3.05) is 14.2 Å². The first-order chi connectivity index (χ1) is 9.01. The number of esters is 2. The molecule has 0 spiro atoms. The summed E-state index contributed by atoms with van der Waals surface area (Å²) in [5.74, 6) is -2.69. The van der Waals surface area contributed by atoms with Crippen molar-refractivity contribution in [1.29, 1.82) is 0 Å². The standard InChI is InChI=1S/C12H17NO6/c1-18-10(15)8-7-4-3-5-12(7,17)13(6-14)9(8)11(16)19-2/h6-9,17H,3-5H2,1-2H3/t7?,8-,9+,12?/m1/s1. The highest BCUT2D eigenvalue weighted by Gasteiger charge is 2.64. The molecule has 0 aromatic heterocycles. The van der Waals surface area contributed by atoms with Gasteiger partial charge >= 0.3 is 11.9 Å². The number of fused-ring (bicyclic) bond motifs is 1. The Bertz CT molecular complexity index is 411. The second-order valence-corrected chi connectivity index (χ2v) is 4.91. The van der Waals surface area contributed by atoms with Crippen molar-refractivity contribution in [3.63, 3.8) is 0 Å². The molecule has 1 saturated carbocycles. The number of rotatable bonds is 3. The normalized spacial score (nSPS) is 36.8. The van der Waals surface area contributed by atoms with E-state index in [2.05, 4.69) is 4.74 Å². The Hall–Kier alpha value is -1.63. The molecule has 0 aromatic carbocycles. The van der Waals surface area contributed by atoms with E-state index >= 15 is 0 Å². The van der Waals surface area contributed by atoms with Gasteiger partial charge in [0, 0.05) is 5.92 Å². The molecule has 1 heterocycles. The lowest BCUT2D eigenvalue weighted by Crippen LogP contribution is -2.50. The molecule has 2 rings (SSSR count). The van der Waals surface area contributed by atoms with Crippen LogP contribution < -0.4 is 0 Å². The van der Waals surface area contributed by atoms with Gasteiger partial charge in [0.1, 0.15) is 11.8 Å². The van der Waals surface area contributed by atoms with Crippen LogP contribution in [0.5, 0.6) is 0 Å². The molecule has 1 aliphatic carbocycles. The van der Waals surface area contributed by atoms with E-state index in [0.717, 1.165) is 4.90 Å². The van der Waals surface area contributed by atoms with Crippen LogP contribution in [0.1, 0.15) is 19.3 Å². The first-order valence-corrected chi connectivity index (χ1v) is 6.13. The molecule has 7 heteroatoms. The van der Waals surface area contributed by atoms with E-state index in [1.807, 2.05) is 0 Å². The Kier molecular flexibility index (Phi) is 3.49. The minimum atomic E-state index is -1.46. The van der Waals surface area contributed by atoms with Gasteiger partial charge < -0.3 is 19.5 Å². The summed E-state index contributed by atoms with van der Waals surface area (Å²) in [4.78, 5) is 36.0. The van der Waals surface area contributed by atoms with Crippen LogP contribution in [0, 0.1) is 11.8 Å². The average molecular weight is 271 g/mol. The summed E-state index contributed by atoms with van der Waals surface area (Å²) in [5.41, 5.74) is -1.46. The maximum atomic E-state index is 11.9. The number of carbonyl (C=O) groups is 3. The van der Waals surface area contributed by atoms with Gasteiger partial charge in [0.15, 0.2) is 0 Å². The lowest BCUT2D eigenvalue weighted by molar-refractivity contribution is -0.163. The molecule has 2 aliphatic rings. The van der Waals surface area contributed by atoms with Gasteiger partial charge in [0.2, 0.25) is 6.41 Å². The van der Waals surface area contributed by atoms with Crippen LogP contribution in [0.25, 0.3) is 0 Å². The summed E-state index contributed by atoms with van der Waals surface area (Å²) < 4.78 is 9.35. The first-order valence-electron chi connectivity index (χ1n) is 6.13. The molecule has 1 N–H and O–H groups in total. The van der Waals surface area contributed by atoms with Crippen molar-refractivity contribution in [2.24, 2.45) is 11.8 Å². The number of hydrogen-bond donors (Lipinski definition) is 1. The molecule has 0 aromatic rings. The second-order valence-electron chi connectivity index (χ2n) is 4.91. The maximum absolute atomic E-state index is 11.9. The number of nitrogens with zero attached hydrogens (tertiary/aromatic N) is 1. The van der Waals surface area contributed by atoms with Crippen molar-refractivity contribution < 1.29 is 29.0 Å². The van der Waals surface area contributed by atoms with Crippen molar-refractivity contribution in [3.05, 3.63) is 0 Å². The monoisotopic (exact) mass is 271 g/mol. The number of hydrogen-bond acceptors (Lipinski definition) is 6. The third kappa shape index (κ3) is 1.80. The van der Waals surface area contributed by atoms with E-state index < -0.39 is 35.5 Å². The minimum absolute atomic E-state index is 0.345. The maximum Gasteiger partial charge on any atom is 0.329 e. The summed E-state index contributed by atoms with van der Waals surface area (Å²) >= 11 is 0. The highest BCUT2D eigenvalue weighted by molar-refractivity contribution is 5.88. The molecule has 7 nitrogen and oxygen atoms in total. The van der Waals surface area contributed by atoms with Gasteiger partial charge in [-0.1, -0.05) is 0 Å². The Balaban J connectivity index is 2.45. The van der Waals surface area contributed by atoms with Gasteiger partial charge in [-0.2, -0.15) is 0 Å². The molecule has 2 fully saturated rings. The number of carbonyl (C=O) groups excluding carboxylic acids is 3. The smallest absolute Gasteiger partial charge is 0.329 e. The molecule has 4 atom stereocenters. The van der Waals surface area contributed by atoms with Gasteiger partial charge in [0.25, 0.3) is 0 Å². The summed E-state index contributed by atoms with van der Waals surface area (Å²) in [7, 11) is 2.39. The predicted molar refractivity (Wildman–Crippen MR) is 61.5 cm³/mol. The fourth-order valence-electron chi connectivity index (χ4n) is 3.39. The molecule has 0 radical (unpaired) electrons. The summed E-state index contributed by atoms with van der Waals surface area (Å²) in [6.45, 7) is 0. The van der Waals surface area contributed by atoms with Crippen LogP contribution in [0.15, 0.2) is 0 Å². The van der Waals surface area contributed by atoms with Crippen LogP contribution in [-0.2, 0) is 23.9 Å². The van der Waals surface area contributed by atoms with E-state index in [1.54, 1.807) is 0 Å². The lowest BCUT2D eigenvalue weighted by Gasteiger charge is -2.32. The number of methoxy groups -OCH3 is 2. The van der Waals surface area contributed by atoms with Crippen LogP contribution in [0.2, 0.25) is 0 Å². The van der Waals surface area contributed by atoms with Crippen LogP contribution in [0.3, 0.4) is 0 Å². The highest BCUT2D eigenvalue weighted by Crippen LogP contribution is 2.51. The van der Waals surface area contributed by atoms with E-state index in [-0.39, 0.29) is 0 Å². The van der Waals surface area contributed by atoms with E-state index in [9.17, 15) is 19.5 Å². The molecule has 0 bridgehead atoms. The van der Waals surface area contributed by atoms with E-state index in [0.29, 0.717) is 25.7 Å². The molecule has 1 amide bonds. The topological polar surface area (TPSA) is 93.1 Å². The van der Waals surface area contributed by atoms with Crippen molar-refractivity contribution >= 4 is 18.3 Å². The van der Waals surface area contributed by atoms with Crippen LogP contribution >= 0.6 is 0 Å². The predicted octanol–water partition coefficient (Wildman–Crippen LogP) is -0.722. The fourth-order valence-corrected chi connectivity index (χ4v) is 3.39. The summed E-state index contributed by atoms with van der Waals surface area (Å²) in [6.07, 6.45) is 2.00. The average Bonchev–Trinajstić information content (AvgIpc) is 2.89. The van der Waals surface area contributed by atoms with Gasteiger partial charge in [-0.3, -0.25) is 9.59 Å². The van der Waals surface area contributed by atoms with Gasteiger partial charge in [0.05, 0.1) is 20.1 Å². The van der Waals surface area contributed by atoms with Crippen molar-refractivity contribution in [3.8, 4) is 0 Å². The highest BCUT2D eigenvalue weighted by atomic mass is 16.5. The third-order valence-electron chi connectivity index (χ3n) is 4.20. The van der Waals surface area contributed by atoms with Gasteiger partial charge in [-0.25, -0.2) is 4.79 Å². The first kappa shape index (κ1) is 13.8. The summed E-state index contributed by atoms with van der Waals surface area (Å²) in [5, 5.41) is 10.6. The van der Waals surface area contributed by atoms with E-state index in [1.165, 1.54) is 14.2 Å². The minimum Gasteiger partial charge on any atom is -0.469 e. The Labute approximate surface area is 110 Å². The third-order valence-corrected chi connectivity index (χ3v) is 4.20. The summed E-state index contributed by atoms with van der Waals surface area (Å²) in [6, 6.07) is -1.12. The van der Waals surface area contributed by atoms with E-state index in [4.69, 9.17) is 4.74 Å². The molecular formula is C12H17NO6. The molecule has 1 saturated heterocycles. The number of amides is 1. The SMILES string of the molecule is COC(=O)[C@@H]1C2CCCC2(O)N(C=O)[C@@H]1C(=O)OC. The van der Waals surface area contributed by atoms with Crippen molar-refractivity contribution in [2.45, 2.75) is 31.0 Å². The Morgan fingerprint density at radius 1 is 1.32 bits per heavy atom. The zero-order valence-corrected chi connectivity index (χ0v) is 10.9. The molecule has 106 valence electrons. The van der Waals surface area contributed by atoms with Gasteiger partial charge in [-0.15, -0.1) is 0 Å². The lowest BCUT2D eigenvalue weighted by atomic mass is 9.86. The van der Waals surface area contributed by atoms with Gasteiger partial charge in [-0.05, 0) is 19.3 Å². The fraction of sp³-hybridized carbons (Fsp3) is 0.750. The zero-order chi connectivity index (χ0) is 14.2. The van der Waals surface area contributed by atoms with Crippen LogP contribution in [0.4, 0.5) is 0 Å². The zero-order valence-electron chi connectivity index (χ0n) is 10.9. The molecular weight excluding hydrogens is 254 g/mol. The number of aliphatic hydroxyl groups is 1. The quantitative estimate of drug-likeness (QED) is 0.538. The molecule has 1 aliphatic heterocycles. The Morgan fingerprint density at radius 2 is 1.95 bits per heavy atom.